The molecule has 0 radical (unpaired) electrons. The number of amides is 1. The zero-order chi connectivity index (χ0) is 14.3. The summed E-state index contributed by atoms with van der Waals surface area (Å²) in [6, 6.07) is 3.80. The van der Waals surface area contributed by atoms with Gasteiger partial charge in [0.2, 0.25) is 0 Å². The van der Waals surface area contributed by atoms with Crippen molar-refractivity contribution in [3.63, 3.8) is 0 Å². The zero-order valence-electron chi connectivity index (χ0n) is 11.4. The number of nitrogens with zero attached hydrogens (tertiary/aromatic N) is 3. The molecule has 20 heavy (non-hydrogen) atoms. The van der Waals surface area contributed by atoms with E-state index >= 15 is 0 Å². The SMILES string of the molecule is Cn1c(C(=O)N2CCC3CCC(C2)N3)ccc1[N+](=O)[O-]. The molecule has 0 aromatic carbocycles. The molecule has 108 valence electrons. The van der Waals surface area contributed by atoms with Gasteiger partial charge in [0.25, 0.3) is 5.91 Å². The van der Waals surface area contributed by atoms with Gasteiger partial charge in [0, 0.05) is 31.2 Å². The normalized spacial score (nSPS) is 25.6. The molecule has 2 unspecified atom stereocenters. The third kappa shape index (κ3) is 2.18. The summed E-state index contributed by atoms with van der Waals surface area (Å²) in [6.45, 7) is 1.40. The van der Waals surface area contributed by atoms with Crippen LogP contribution in [0, 0.1) is 10.1 Å². The van der Waals surface area contributed by atoms with Gasteiger partial charge in [-0.25, -0.2) is 4.57 Å². The van der Waals surface area contributed by atoms with Crippen LogP contribution in [-0.4, -0.2) is 45.5 Å². The van der Waals surface area contributed by atoms with Gasteiger partial charge in [-0.3, -0.25) is 4.79 Å². The second-order valence-corrected chi connectivity index (χ2v) is 5.57. The lowest BCUT2D eigenvalue weighted by atomic mass is 10.1. The molecule has 0 saturated carbocycles. The fourth-order valence-electron chi connectivity index (χ4n) is 3.19. The summed E-state index contributed by atoms with van der Waals surface area (Å²) in [5, 5.41) is 14.4. The van der Waals surface area contributed by atoms with E-state index in [1.807, 2.05) is 4.90 Å². The maximum Gasteiger partial charge on any atom is 0.323 e. The number of nitrogens with one attached hydrogen (secondary N) is 1. The van der Waals surface area contributed by atoms with Crippen molar-refractivity contribution in [1.29, 1.82) is 0 Å². The highest BCUT2D eigenvalue weighted by molar-refractivity contribution is 5.93. The quantitative estimate of drug-likeness (QED) is 0.644. The monoisotopic (exact) mass is 278 g/mol. The average Bonchev–Trinajstić information content (AvgIpc) is 2.92. The second-order valence-electron chi connectivity index (χ2n) is 5.57. The van der Waals surface area contributed by atoms with Gasteiger partial charge in [-0.05, 0) is 30.3 Å². The van der Waals surface area contributed by atoms with E-state index in [4.69, 9.17) is 0 Å². The summed E-state index contributed by atoms with van der Waals surface area (Å²) in [5.74, 6) is -0.169. The van der Waals surface area contributed by atoms with Crippen molar-refractivity contribution in [2.24, 2.45) is 7.05 Å². The van der Waals surface area contributed by atoms with Crippen molar-refractivity contribution in [1.82, 2.24) is 14.8 Å². The minimum atomic E-state index is -0.470. The van der Waals surface area contributed by atoms with Gasteiger partial charge in [0.1, 0.15) is 0 Å². The van der Waals surface area contributed by atoms with Gasteiger partial charge in [-0.15, -0.1) is 0 Å². The minimum Gasteiger partial charge on any atom is -0.358 e. The molecule has 1 aromatic rings. The fraction of sp³-hybridized carbons (Fsp3) is 0.615. The maximum atomic E-state index is 12.5. The number of carbonyl (C=O) groups is 1. The summed E-state index contributed by atoms with van der Waals surface area (Å²) in [4.78, 5) is 24.7. The van der Waals surface area contributed by atoms with Crippen LogP contribution in [0.2, 0.25) is 0 Å². The van der Waals surface area contributed by atoms with Crippen LogP contribution in [-0.2, 0) is 7.05 Å². The molecule has 1 N–H and O–H groups in total. The molecule has 3 heterocycles. The molecule has 2 aliphatic heterocycles. The molecular weight excluding hydrogens is 260 g/mol. The molecule has 7 heteroatoms. The predicted molar refractivity (Wildman–Crippen MR) is 72.5 cm³/mol. The Morgan fingerprint density at radius 3 is 2.80 bits per heavy atom. The highest BCUT2D eigenvalue weighted by atomic mass is 16.6. The molecule has 2 fully saturated rings. The van der Waals surface area contributed by atoms with E-state index < -0.39 is 4.92 Å². The van der Waals surface area contributed by atoms with Crippen molar-refractivity contribution in [3.8, 4) is 0 Å². The van der Waals surface area contributed by atoms with Crippen LogP contribution >= 0.6 is 0 Å². The van der Waals surface area contributed by atoms with Crippen molar-refractivity contribution in [2.45, 2.75) is 31.3 Å². The first-order valence-electron chi connectivity index (χ1n) is 6.91. The summed E-state index contributed by atoms with van der Waals surface area (Å²) < 4.78 is 1.36. The summed E-state index contributed by atoms with van der Waals surface area (Å²) in [5.41, 5.74) is 0.384. The first-order chi connectivity index (χ1) is 9.56. The third-order valence-electron chi connectivity index (χ3n) is 4.31. The van der Waals surface area contributed by atoms with E-state index in [1.165, 1.54) is 23.1 Å². The van der Waals surface area contributed by atoms with E-state index in [9.17, 15) is 14.9 Å². The number of aromatic nitrogens is 1. The smallest absolute Gasteiger partial charge is 0.323 e. The number of carbonyl (C=O) groups excluding carboxylic acids is 1. The Kier molecular flexibility index (Phi) is 3.21. The fourth-order valence-corrected chi connectivity index (χ4v) is 3.19. The lowest BCUT2D eigenvalue weighted by Crippen LogP contribution is -2.39. The van der Waals surface area contributed by atoms with Crippen LogP contribution in [0.3, 0.4) is 0 Å². The Hall–Kier alpha value is -1.89. The second kappa shape index (κ2) is 4.90. The Bertz CT molecular complexity index is 554. The van der Waals surface area contributed by atoms with E-state index in [0.717, 1.165) is 12.8 Å². The summed E-state index contributed by atoms with van der Waals surface area (Å²) in [7, 11) is 1.56. The Labute approximate surface area is 116 Å². The van der Waals surface area contributed by atoms with Crippen LogP contribution in [0.5, 0.6) is 0 Å². The van der Waals surface area contributed by atoms with Crippen LogP contribution in [0.4, 0.5) is 5.82 Å². The van der Waals surface area contributed by atoms with Gasteiger partial charge >= 0.3 is 5.82 Å². The van der Waals surface area contributed by atoms with Crippen molar-refractivity contribution in [3.05, 3.63) is 27.9 Å². The van der Waals surface area contributed by atoms with Crippen LogP contribution < -0.4 is 5.32 Å². The Morgan fingerprint density at radius 1 is 1.35 bits per heavy atom. The molecule has 1 amide bonds. The van der Waals surface area contributed by atoms with Crippen molar-refractivity contribution < 1.29 is 9.72 Å². The van der Waals surface area contributed by atoms with Gasteiger partial charge in [0.15, 0.2) is 5.69 Å². The summed E-state index contributed by atoms with van der Waals surface area (Å²) >= 11 is 0. The third-order valence-corrected chi connectivity index (χ3v) is 4.31. The highest BCUT2D eigenvalue weighted by Crippen LogP contribution is 2.23. The Balaban J connectivity index is 1.80. The molecule has 2 atom stereocenters. The standard InChI is InChI=1S/C13H18N4O3/c1-15-11(4-5-12(15)17(19)20)13(18)16-7-6-9-2-3-10(8-16)14-9/h4-5,9-10,14H,2-3,6-8H2,1H3. The number of likely N-dealkylation sites (tertiary alicyclic amines) is 1. The van der Waals surface area contributed by atoms with E-state index in [2.05, 4.69) is 5.32 Å². The number of hydrogen-bond acceptors (Lipinski definition) is 4. The van der Waals surface area contributed by atoms with E-state index in [-0.39, 0.29) is 11.7 Å². The molecule has 0 spiro atoms. The number of fused-ring (bicyclic) bond motifs is 2. The van der Waals surface area contributed by atoms with Gasteiger partial charge < -0.3 is 20.3 Å². The molecule has 3 rings (SSSR count). The molecule has 2 aliphatic rings. The Morgan fingerprint density at radius 2 is 2.10 bits per heavy atom. The van der Waals surface area contributed by atoms with Gasteiger partial charge in [-0.1, -0.05) is 0 Å². The van der Waals surface area contributed by atoms with Gasteiger partial charge in [-0.2, -0.15) is 0 Å². The molecule has 2 saturated heterocycles. The summed E-state index contributed by atoms with van der Waals surface area (Å²) in [6.07, 6.45) is 3.23. The van der Waals surface area contributed by atoms with Crippen LogP contribution in [0.25, 0.3) is 0 Å². The molecule has 0 aliphatic carbocycles. The molecule has 7 nitrogen and oxygen atoms in total. The van der Waals surface area contributed by atoms with E-state index in [1.54, 1.807) is 7.05 Å². The lowest BCUT2D eigenvalue weighted by molar-refractivity contribution is -0.391. The minimum absolute atomic E-state index is 0.0529. The molecular formula is C13H18N4O3. The lowest BCUT2D eigenvalue weighted by Gasteiger charge is -2.23. The molecule has 1 aromatic heterocycles. The van der Waals surface area contributed by atoms with Crippen molar-refractivity contribution in [2.75, 3.05) is 13.1 Å². The highest BCUT2D eigenvalue weighted by Gasteiger charge is 2.33. The van der Waals surface area contributed by atoms with Crippen molar-refractivity contribution >= 4 is 11.7 Å². The number of hydrogen-bond donors (Lipinski definition) is 1. The van der Waals surface area contributed by atoms with Crippen LogP contribution in [0.15, 0.2) is 12.1 Å². The average molecular weight is 278 g/mol. The first kappa shape index (κ1) is 13.1. The van der Waals surface area contributed by atoms with Crippen LogP contribution in [0.1, 0.15) is 29.8 Å². The zero-order valence-corrected chi connectivity index (χ0v) is 11.4. The number of rotatable bonds is 2. The van der Waals surface area contributed by atoms with E-state index in [0.29, 0.717) is 30.9 Å². The molecule has 2 bridgehead atoms. The maximum absolute atomic E-state index is 12.5. The largest absolute Gasteiger partial charge is 0.358 e. The van der Waals surface area contributed by atoms with Gasteiger partial charge in [0.05, 0.1) is 7.05 Å². The predicted octanol–water partition coefficient (Wildman–Crippen LogP) is 0.900. The first-order valence-corrected chi connectivity index (χ1v) is 6.91. The topological polar surface area (TPSA) is 80.4 Å². The number of nitro groups is 1.